The highest BCUT2D eigenvalue weighted by Gasteiger charge is 2.46. The molecule has 2 aliphatic heterocycles. The largest absolute Gasteiger partial charge is 0.367 e. The van der Waals surface area contributed by atoms with E-state index in [1.165, 1.54) is 24.0 Å². The van der Waals surface area contributed by atoms with Gasteiger partial charge in [-0.25, -0.2) is 0 Å². The zero-order valence-electron chi connectivity index (χ0n) is 15.4. The number of hydrogen-bond donors (Lipinski definition) is 0. The van der Waals surface area contributed by atoms with E-state index in [1.807, 2.05) is 0 Å². The van der Waals surface area contributed by atoms with Crippen molar-refractivity contribution in [1.29, 1.82) is 0 Å². The highest BCUT2D eigenvalue weighted by molar-refractivity contribution is 5.05. The Morgan fingerprint density at radius 3 is 2.52 bits per heavy atom. The Balaban J connectivity index is 1.54. The van der Waals surface area contributed by atoms with Crippen LogP contribution in [-0.4, -0.2) is 31.2 Å². The fraction of sp³-hybridized carbons (Fsp3) is 0.800. The van der Waals surface area contributed by atoms with Crippen LogP contribution in [0.15, 0.2) is 23.3 Å². The zero-order valence-corrected chi connectivity index (χ0v) is 15.4. The van der Waals surface area contributed by atoms with Gasteiger partial charge in [0.05, 0.1) is 18.3 Å². The summed E-state index contributed by atoms with van der Waals surface area (Å²) in [6.45, 7) is 10.3. The third kappa shape index (κ3) is 7.19. The van der Waals surface area contributed by atoms with Gasteiger partial charge < -0.3 is 14.2 Å². The molecule has 2 unspecified atom stereocenters. The Hall–Kier alpha value is -0.640. The summed E-state index contributed by atoms with van der Waals surface area (Å²) in [4.78, 5) is 0. The lowest BCUT2D eigenvalue weighted by molar-refractivity contribution is -0.155. The molecule has 0 bridgehead atoms. The van der Waals surface area contributed by atoms with Crippen molar-refractivity contribution in [2.45, 2.75) is 90.6 Å². The molecule has 0 aliphatic carbocycles. The van der Waals surface area contributed by atoms with E-state index in [0.29, 0.717) is 12.7 Å². The van der Waals surface area contributed by atoms with Gasteiger partial charge in [-0.05, 0) is 72.6 Å². The maximum absolute atomic E-state index is 5.74. The van der Waals surface area contributed by atoms with Crippen LogP contribution in [0.3, 0.4) is 0 Å². The summed E-state index contributed by atoms with van der Waals surface area (Å²) in [6, 6.07) is 0. The zero-order chi connectivity index (χ0) is 16.7. The molecule has 0 aromatic rings. The Kier molecular flexibility index (Phi) is 7.32. The van der Waals surface area contributed by atoms with Gasteiger partial charge in [-0.1, -0.05) is 23.3 Å². The van der Waals surface area contributed by atoms with Gasteiger partial charge in [0.1, 0.15) is 0 Å². The fourth-order valence-corrected chi connectivity index (χ4v) is 2.99. The van der Waals surface area contributed by atoms with E-state index in [2.05, 4.69) is 39.8 Å². The highest BCUT2D eigenvalue weighted by Crippen LogP contribution is 2.38. The molecule has 0 aromatic carbocycles. The Morgan fingerprint density at radius 2 is 1.87 bits per heavy atom. The summed E-state index contributed by atoms with van der Waals surface area (Å²) in [5.74, 6) is 0. The first-order valence-electron chi connectivity index (χ1n) is 9.19. The van der Waals surface area contributed by atoms with Crippen LogP contribution in [0, 0.1) is 0 Å². The predicted octanol–water partition coefficient (Wildman–Crippen LogP) is 5.16. The van der Waals surface area contributed by atoms with E-state index < -0.39 is 0 Å². The molecule has 0 N–H and O–H groups in total. The summed E-state index contributed by atoms with van der Waals surface area (Å²) in [6.07, 6.45) is 13.0. The third-order valence-electron chi connectivity index (χ3n) is 4.85. The molecule has 2 saturated heterocycles. The molecule has 23 heavy (non-hydrogen) atoms. The van der Waals surface area contributed by atoms with Gasteiger partial charge in [-0.3, -0.25) is 0 Å². The fourth-order valence-electron chi connectivity index (χ4n) is 2.99. The molecular weight excluding hydrogens is 288 g/mol. The quantitative estimate of drug-likeness (QED) is 0.434. The minimum atomic E-state index is 0.0174. The van der Waals surface area contributed by atoms with Gasteiger partial charge in [-0.2, -0.15) is 0 Å². The van der Waals surface area contributed by atoms with E-state index in [-0.39, 0.29) is 11.9 Å². The van der Waals surface area contributed by atoms with Crippen molar-refractivity contribution in [3.05, 3.63) is 23.3 Å². The van der Waals surface area contributed by atoms with Crippen LogP contribution in [0.2, 0.25) is 0 Å². The van der Waals surface area contributed by atoms with Crippen LogP contribution >= 0.6 is 0 Å². The van der Waals surface area contributed by atoms with Gasteiger partial charge in [0.2, 0.25) is 0 Å². The minimum Gasteiger partial charge on any atom is -0.367 e. The smallest absolute Gasteiger partial charge is 0.157 e. The lowest BCUT2D eigenvalue weighted by Gasteiger charge is -2.22. The molecule has 3 heteroatoms. The second-order valence-corrected chi connectivity index (χ2v) is 7.52. The van der Waals surface area contributed by atoms with Crippen molar-refractivity contribution in [1.82, 2.24) is 0 Å². The summed E-state index contributed by atoms with van der Waals surface area (Å²) < 4.78 is 16.9. The molecule has 0 amide bonds. The van der Waals surface area contributed by atoms with E-state index in [0.717, 1.165) is 38.7 Å². The van der Waals surface area contributed by atoms with Gasteiger partial charge in [-0.15, -0.1) is 0 Å². The summed E-state index contributed by atoms with van der Waals surface area (Å²) in [7, 11) is 0. The first-order valence-corrected chi connectivity index (χ1v) is 9.19. The van der Waals surface area contributed by atoms with Crippen molar-refractivity contribution in [3.8, 4) is 0 Å². The molecule has 0 saturated carbocycles. The molecule has 132 valence electrons. The molecule has 2 fully saturated rings. The van der Waals surface area contributed by atoms with Crippen molar-refractivity contribution in [2.75, 3.05) is 13.2 Å². The molecule has 0 radical (unpaired) electrons. The number of epoxide rings is 1. The molecule has 0 spiro atoms. The van der Waals surface area contributed by atoms with Crippen LogP contribution in [-0.2, 0) is 14.2 Å². The Morgan fingerprint density at radius 1 is 1.13 bits per heavy atom. The standard InChI is InChI=1S/C20H34O3/c1-16(11-12-18-20(3,4)23-18)8-7-9-17(2)13-15-22-19-10-5-6-14-21-19/h8,13,18-19H,5-7,9-12,14-15H2,1-4H3. The Bertz CT molecular complexity index is 417. The Labute approximate surface area is 142 Å². The van der Waals surface area contributed by atoms with Crippen LogP contribution in [0.1, 0.15) is 72.6 Å². The molecular formula is C20H34O3. The molecule has 2 rings (SSSR count). The first-order chi connectivity index (χ1) is 11.0. The van der Waals surface area contributed by atoms with E-state index >= 15 is 0 Å². The van der Waals surface area contributed by atoms with Crippen LogP contribution in [0.25, 0.3) is 0 Å². The van der Waals surface area contributed by atoms with E-state index in [4.69, 9.17) is 14.2 Å². The van der Waals surface area contributed by atoms with Gasteiger partial charge in [0, 0.05) is 6.61 Å². The van der Waals surface area contributed by atoms with Crippen LogP contribution in [0.4, 0.5) is 0 Å². The predicted molar refractivity (Wildman–Crippen MR) is 94.5 cm³/mol. The molecule has 2 aliphatic rings. The molecule has 2 heterocycles. The van der Waals surface area contributed by atoms with Gasteiger partial charge >= 0.3 is 0 Å². The van der Waals surface area contributed by atoms with Crippen LogP contribution in [0.5, 0.6) is 0 Å². The topological polar surface area (TPSA) is 31.0 Å². The summed E-state index contributed by atoms with van der Waals surface area (Å²) in [5.41, 5.74) is 3.01. The summed E-state index contributed by atoms with van der Waals surface area (Å²) >= 11 is 0. The second kappa shape index (κ2) is 9.00. The number of allylic oxidation sites excluding steroid dienone is 3. The lowest BCUT2D eigenvalue weighted by atomic mass is 10.0. The normalized spacial score (nSPS) is 28.0. The van der Waals surface area contributed by atoms with Crippen molar-refractivity contribution >= 4 is 0 Å². The molecule has 3 nitrogen and oxygen atoms in total. The average Bonchev–Trinajstić information content (AvgIpc) is 3.13. The van der Waals surface area contributed by atoms with Gasteiger partial charge in [0.15, 0.2) is 6.29 Å². The highest BCUT2D eigenvalue weighted by atomic mass is 16.7. The number of hydrogen-bond acceptors (Lipinski definition) is 3. The third-order valence-corrected chi connectivity index (χ3v) is 4.85. The summed E-state index contributed by atoms with van der Waals surface area (Å²) in [5, 5.41) is 0. The van der Waals surface area contributed by atoms with Crippen LogP contribution < -0.4 is 0 Å². The maximum atomic E-state index is 5.74. The number of rotatable bonds is 9. The van der Waals surface area contributed by atoms with Gasteiger partial charge in [0.25, 0.3) is 0 Å². The van der Waals surface area contributed by atoms with E-state index in [9.17, 15) is 0 Å². The first kappa shape index (κ1) is 18.7. The lowest BCUT2D eigenvalue weighted by Crippen LogP contribution is -2.22. The van der Waals surface area contributed by atoms with Crippen molar-refractivity contribution < 1.29 is 14.2 Å². The van der Waals surface area contributed by atoms with E-state index in [1.54, 1.807) is 0 Å². The van der Waals surface area contributed by atoms with Crippen molar-refractivity contribution in [3.63, 3.8) is 0 Å². The monoisotopic (exact) mass is 322 g/mol. The molecule has 0 aromatic heterocycles. The van der Waals surface area contributed by atoms with Crippen molar-refractivity contribution in [2.24, 2.45) is 0 Å². The minimum absolute atomic E-state index is 0.0174. The maximum Gasteiger partial charge on any atom is 0.157 e. The molecule has 2 atom stereocenters. The second-order valence-electron chi connectivity index (χ2n) is 7.52. The SMILES string of the molecule is CC(=CCOC1CCCCO1)CCC=C(C)CCC1OC1(C)C. The number of ether oxygens (including phenoxy) is 3. The average molecular weight is 322 g/mol.